The van der Waals surface area contributed by atoms with Gasteiger partial charge in [0.2, 0.25) is 0 Å². The molecule has 3 aliphatic rings. The van der Waals surface area contributed by atoms with Crippen LogP contribution in [0.25, 0.3) is 11.2 Å². The summed E-state index contributed by atoms with van der Waals surface area (Å²) in [7, 11) is 0. The van der Waals surface area contributed by atoms with Gasteiger partial charge in [-0.1, -0.05) is 25.5 Å². The van der Waals surface area contributed by atoms with Gasteiger partial charge in [-0.05, 0) is 87.6 Å². The van der Waals surface area contributed by atoms with Gasteiger partial charge in [0.25, 0.3) is 0 Å². The fraction of sp³-hybridized carbons (Fsp3) is 0.515. The second kappa shape index (κ2) is 11.2. The van der Waals surface area contributed by atoms with Crippen molar-refractivity contribution in [3.8, 4) is 5.69 Å². The molecule has 44 heavy (non-hydrogen) atoms. The van der Waals surface area contributed by atoms with Gasteiger partial charge < -0.3 is 9.64 Å². The van der Waals surface area contributed by atoms with E-state index in [4.69, 9.17) is 4.74 Å². The van der Waals surface area contributed by atoms with E-state index in [0.717, 1.165) is 41.0 Å². The lowest BCUT2D eigenvalue weighted by Crippen LogP contribution is -2.41. The average molecular weight is 610 g/mol. The maximum atomic E-state index is 14.4. The molecule has 0 bridgehead atoms. The van der Waals surface area contributed by atoms with Crippen molar-refractivity contribution in [3.05, 3.63) is 69.9 Å². The molecule has 0 spiro atoms. The molecule has 1 aromatic carbocycles. The Hall–Kier alpha value is -3.89. The van der Waals surface area contributed by atoms with E-state index in [-0.39, 0.29) is 23.3 Å². The highest BCUT2D eigenvalue weighted by atomic mass is 19.4. The van der Waals surface area contributed by atoms with Crippen molar-refractivity contribution in [1.29, 1.82) is 0 Å². The number of hydrogen-bond donors (Lipinski definition) is 0. The number of pyridine rings is 1. The fourth-order valence-corrected chi connectivity index (χ4v) is 6.61. The van der Waals surface area contributed by atoms with Crippen LogP contribution in [0.15, 0.2) is 57.7 Å². The van der Waals surface area contributed by atoms with Gasteiger partial charge >= 0.3 is 18.0 Å². The molecular weight excluding hydrogens is 571 g/mol. The molecule has 1 amide bonds. The number of carbonyl (C=O) groups excluding carboxylic acids is 1. The van der Waals surface area contributed by atoms with E-state index in [1.807, 2.05) is 24.4 Å². The van der Waals surface area contributed by atoms with Crippen LogP contribution in [0.3, 0.4) is 0 Å². The van der Waals surface area contributed by atoms with Gasteiger partial charge in [-0.3, -0.25) is 8.97 Å². The third-order valence-corrected chi connectivity index (χ3v) is 9.09. The number of fused-ring (bicyclic) bond motifs is 1. The summed E-state index contributed by atoms with van der Waals surface area (Å²) in [5, 5.41) is 8.57. The number of aromatic nitrogens is 2. The topological polar surface area (TPSA) is 80.7 Å². The number of likely N-dealkylation sites (tertiary alicyclic amines) is 1. The monoisotopic (exact) mass is 609 g/mol. The van der Waals surface area contributed by atoms with Crippen molar-refractivity contribution in [3.63, 3.8) is 0 Å². The van der Waals surface area contributed by atoms with E-state index >= 15 is 0 Å². The van der Waals surface area contributed by atoms with Gasteiger partial charge in [0.15, 0.2) is 0 Å². The SMILES string of the molecule is CC1C=NN=C1[C@@H](c1cccc(-n2cc3c(C(F)(F)F)cc(C4CCN(C(=O)OC(C)(C)C)CC4)cn3c2=O)c1)C1CCC1. The zero-order valence-electron chi connectivity index (χ0n) is 25.5. The number of rotatable bonds is 5. The maximum Gasteiger partial charge on any atom is 0.418 e. The minimum Gasteiger partial charge on any atom is -0.444 e. The Morgan fingerprint density at radius 3 is 2.36 bits per heavy atom. The molecule has 1 saturated heterocycles. The van der Waals surface area contributed by atoms with E-state index < -0.39 is 29.1 Å². The van der Waals surface area contributed by atoms with Crippen LogP contribution in [0.4, 0.5) is 18.0 Å². The molecule has 0 radical (unpaired) electrons. The van der Waals surface area contributed by atoms with Crippen molar-refractivity contribution in [2.24, 2.45) is 22.0 Å². The van der Waals surface area contributed by atoms with E-state index in [2.05, 4.69) is 17.1 Å². The number of amides is 1. The van der Waals surface area contributed by atoms with E-state index in [9.17, 15) is 22.8 Å². The quantitative estimate of drug-likeness (QED) is 0.307. The molecule has 11 heteroatoms. The smallest absolute Gasteiger partial charge is 0.418 e. The van der Waals surface area contributed by atoms with Crippen LogP contribution in [0.1, 0.15) is 88.3 Å². The molecule has 2 aromatic heterocycles. The number of ether oxygens (including phenoxy) is 1. The lowest BCUT2D eigenvalue weighted by molar-refractivity contribution is -0.136. The number of halogens is 3. The maximum absolute atomic E-state index is 14.4. The first-order valence-electron chi connectivity index (χ1n) is 15.3. The molecule has 3 aromatic rings. The van der Waals surface area contributed by atoms with Crippen LogP contribution in [0.2, 0.25) is 0 Å². The largest absolute Gasteiger partial charge is 0.444 e. The van der Waals surface area contributed by atoms with Crippen molar-refractivity contribution < 1.29 is 22.7 Å². The first-order valence-corrected chi connectivity index (χ1v) is 15.3. The van der Waals surface area contributed by atoms with Crippen LogP contribution in [0.5, 0.6) is 0 Å². The number of piperidine rings is 1. The summed E-state index contributed by atoms with van der Waals surface area (Å²) in [6.45, 7) is 8.15. The fourth-order valence-electron chi connectivity index (χ4n) is 6.61. The molecule has 234 valence electrons. The van der Waals surface area contributed by atoms with Gasteiger partial charge in [-0.15, -0.1) is 0 Å². The molecule has 2 fully saturated rings. The summed E-state index contributed by atoms with van der Waals surface area (Å²) < 4.78 is 51.2. The second-order valence-electron chi connectivity index (χ2n) is 13.3. The zero-order chi connectivity index (χ0) is 31.4. The van der Waals surface area contributed by atoms with Gasteiger partial charge in [-0.2, -0.15) is 23.4 Å². The Labute approximate surface area is 254 Å². The third kappa shape index (κ3) is 5.80. The Morgan fingerprint density at radius 2 is 1.77 bits per heavy atom. The third-order valence-electron chi connectivity index (χ3n) is 9.09. The van der Waals surface area contributed by atoms with Crippen molar-refractivity contribution in [2.75, 3.05) is 13.1 Å². The Balaban J connectivity index is 1.34. The lowest BCUT2D eigenvalue weighted by atomic mass is 9.69. The highest BCUT2D eigenvalue weighted by Gasteiger charge is 2.37. The molecule has 2 atom stereocenters. The van der Waals surface area contributed by atoms with Gasteiger partial charge in [0.05, 0.1) is 22.5 Å². The average Bonchev–Trinajstić information content (AvgIpc) is 3.51. The van der Waals surface area contributed by atoms with Crippen LogP contribution >= 0.6 is 0 Å². The number of alkyl halides is 3. The number of hydrogen-bond acceptors (Lipinski definition) is 5. The van der Waals surface area contributed by atoms with E-state index in [1.54, 1.807) is 31.7 Å². The summed E-state index contributed by atoms with van der Waals surface area (Å²) in [4.78, 5) is 27.8. The molecule has 2 aliphatic heterocycles. The molecule has 1 saturated carbocycles. The van der Waals surface area contributed by atoms with Crippen molar-refractivity contribution in [1.82, 2.24) is 13.9 Å². The highest BCUT2D eigenvalue weighted by molar-refractivity contribution is 6.05. The summed E-state index contributed by atoms with van der Waals surface area (Å²) in [6, 6.07) is 8.66. The van der Waals surface area contributed by atoms with Crippen LogP contribution in [-0.4, -0.2) is 50.6 Å². The summed E-state index contributed by atoms with van der Waals surface area (Å²) in [6.07, 6.45) is 3.79. The van der Waals surface area contributed by atoms with Gasteiger partial charge in [0, 0.05) is 43.5 Å². The van der Waals surface area contributed by atoms with Crippen molar-refractivity contribution in [2.45, 2.75) is 83.4 Å². The predicted molar refractivity (Wildman–Crippen MR) is 163 cm³/mol. The first-order chi connectivity index (χ1) is 20.8. The predicted octanol–water partition coefficient (Wildman–Crippen LogP) is 7.18. The zero-order valence-corrected chi connectivity index (χ0v) is 25.5. The molecule has 8 nitrogen and oxygen atoms in total. The van der Waals surface area contributed by atoms with Crippen LogP contribution in [0, 0.1) is 11.8 Å². The normalized spacial score (nSPS) is 20.6. The number of nitrogens with zero attached hydrogens (tertiary/aromatic N) is 5. The van der Waals surface area contributed by atoms with E-state index in [0.29, 0.717) is 43.1 Å². The molecule has 0 N–H and O–H groups in total. The second-order valence-corrected chi connectivity index (χ2v) is 13.3. The molecule has 1 unspecified atom stereocenters. The number of imidazole rings is 1. The Morgan fingerprint density at radius 1 is 1.05 bits per heavy atom. The molecule has 1 aliphatic carbocycles. The Kier molecular flexibility index (Phi) is 7.70. The minimum absolute atomic E-state index is 0.0396. The standard InChI is InChI=1S/C33H38F3N5O3/c1-20-17-37-38-29(20)28(22-7-5-8-22)23-9-6-10-25(15-23)40-19-27-26(33(34,35)36)16-24(18-41(27)30(40)42)21-11-13-39(14-12-21)31(43)44-32(2,3)4/h6,9-10,15-22,28H,5,7-8,11-14H2,1-4H3/t20?,28-/m1/s1. The van der Waals surface area contributed by atoms with E-state index in [1.165, 1.54) is 17.0 Å². The van der Waals surface area contributed by atoms with Crippen LogP contribution < -0.4 is 5.69 Å². The summed E-state index contributed by atoms with van der Waals surface area (Å²) >= 11 is 0. The summed E-state index contributed by atoms with van der Waals surface area (Å²) in [5.41, 5.74) is 0.668. The van der Waals surface area contributed by atoms with Gasteiger partial charge in [-0.25, -0.2) is 9.59 Å². The van der Waals surface area contributed by atoms with Crippen molar-refractivity contribution >= 4 is 23.5 Å². The summed E-state index contributed by atoms with van der Waals surface area (Å²) in [5.74, 6) is 0.321. The number of carbonyl (C=O) groups is 1. The molecule has 4 heterocycles. The number of benzene rings is 1. The molecule has 6 rings (SSSR count). The molecular formula is C33H38F3N5O3. The van der Waals surface area contributed by atoms with Crippen LogP contribution in [-0.2, 0) is 10.9 Å². The van der Waals surface area contributed by atoms with Gasteiger partial charge in [0.1, 0.15) is 5.60 Å². The highest BCUT2D eigenvalue weighted by Crippen LogP contribution is 2.43. The lowest BCUT2D eigenvalue weighted by Gasteiger charge is -2.35. The minimum atomic E-state index is -4.66. The Bertz CT molecular complexity index is 1690. The first kappa shape index (κ1) is 30.1.